The predicted molar refractivity (Wildman–Crippen MR) is 75.3 cm³/mol. The molecule has 0 saturated heterocycles. The molecule has 0 aromatic carbocycles. The molecule has 0 aliphatic carbocycles. The minimum Gasteiger partial charge on any atom is -0.480 e. The molecule has 6 heteroatoms. The fourth-order valence-electron chi connectivity index (χ4n) is 2.07. The van der Waals surface area contributed by atoms with Gasteiger partial charge in [-0.2, -0.15) is 5.10 Å². The third-order valence-electron chi connectivity index (χ3n) is 2.99. The van der Waals surface area contributed by atoms with Crippen LogP contribution in [0.25, 0.3) is 0 Å². The number of hydrogen-bond donors (Lipinski definition) is 2. The second-order valence-electron chi connectivity index (χ2n) is 5.49. The van der Waals surface area contributed by atoms with E-state index in [1.165, 1.54) is 0 Å². The van der Waals surface area contributed by atoms with Crippen LogP contribution in [0, 0.1) is 19.8 Å². The van der Waals surface area contributed by atoms with E-state index >= 15 is 0 Å². The van der Waals surface area contributed by atoms with Crippen LogP contribution in [-0.4, -0.2) is 32.8 Å². The first kappa shape index (κ1) is 16.2. The highest BCUT2D eigenvalue weighted by molar-refractivity contribution is 5.83. The van der Waals surface area contributed by atoms with Crippen LogP contribution < -0.4 is 5.32 Å². The van der Waals surface area contributed by atoms with Crippen molar-refractivity contribution in [3.05, 3.63) is 17.5 Å². The molecule has 112 valence electrons. The molecular formula is C14H23N3O3. The third-order valence-corrected chi connectivity index (χ3v) is 2.99. The van der Waals surface area contributed by atoms with E-state index in [0.29, 0.717) is 13.0 Å². The quantitative estimate of drug-likeness (QED) is 0.793. The van der Waals surface area contributed by atoms with Gasteiger partial charge in [-0.05, 0) is 32.3 Å². The Labute approximate surface area is 119 Å². The lowest BCUT2D eigenvalue weighted by Gasteiger charge is -2.16. The SMILES string of the molecule is Cc1cc(C)n(CCC(=O)N[C@H](CC(C)C)C(=O)O)n1. The number of amides is 1. The molecule has 20 heavy (non-hydrogen) atoms. The first-order valence-corrected chi connectivity index (χ1v) is 6.82. The van der Waals surface area contributed by atoms with Crippen LogP contribution in [0.1, 0.15) is 38.1 Å². The average Bonchev–Trinajstić information content (AvgIpc) is 2.63. The van der Waals surface area contributed by atoms with Gasteiger partial charge in [-0.3, -0.25) is 9.48 Å². The number of carboxylic acid groups (broad SMARTS) is 1. The molecule has 0 fully saturated rings. The molecule has 1 aromatic rings. The largest absolute Gasteiger partial charge is 0.480 e. The van der Waals surface area contributed by atoms with Gasteiger partial charge in [-0.15, -0.1) is 0 Å². The number of carbonyl (C=O) groups is 2. The van der Waals surface area contributed by atoms with Crippen molar-refractivity contribution < 1.29 is 14.7 Å². The van der Waals surface area contributed by atoms with Gasteiger partial charge in [0.05, 0.1) is 5.69 Å². The predicted octanol–water partition coefficient (Wildman–Crippen LogP) is 1.51. The van der Waals surface area contributed by atoms with Crippen molar-refractivity contribution in [3.8, 4) is 0 Å². The van der Waals surface area contributed by atoms with E-state index in [2.05, 4.69) is 10.4 Å². The van der Waals surface area contributed by atoms with E-state index in [9.17, 15) is 9.59 Å². The number of rotatable bonds is 7. The molecule has 0 radical (unpaired) electrons. The molecule has 0 aliphatic heterocycles. The van der Waals surface area contributed by atoms with Crippen LogP contribution in [0.4, 0.5) is 0 Å². The summed E-state index contributed by atoms with van der Waals surface area (Å²) in [5.74, 6) is -1.03. The molecule has 6 nitrogen and oxygen atoms in total. The van der Waals surface area contributed by atoms with Crippen LogP contribution in [-0.2, 0) is 16.1 Å². The summed E-state index contributed by atoms with van der Waals surface area (Å²) >= 11 is 0. The smallest absolute Gasteiger partial charge is 0.326 e. The Morgan fingerprint density at radius 2 is 2.05 bits per heavy atom. The molecular weight excluding hydrogens is 258 g/mol. The lowest BCUT2D eigenvalue weighted by atomic mass is 10.0. The fourth-order valence-corrected chi connectivity index (χ4v) is 2.07. The zero-order chi connectivity index (χ0) is 15.3. The van der Waals surface area contributed by atoms with Crippen LogP contribution >= 0.6 is 0 Å². The molecule has 0 bridgehead atoms. The minimum atomic E-state index is -0.988. The molecule has 1 amide bonds. The van der Waals surface area contributed by atoms with Gasteiger partial charge in [0, 0.05) is 18.7 Å². The van der Waals surface area contributed by atoms with Crippen LogP contribution in [0.5, 0.6) is 0 Å². The molecule has 2 N–H and O–H groups in total. The Morgan fingerprint density at radius 3 is 2.50 bits per heavy atom. The normalized spacial score (nSPS) is 12.4. The number of aromatic nitrogens is 2. The molecule has 0 aliphatic rings. The van der Waals surface area contributed by atoms with E-state index in [1.807, 2.05) is 33.8 Å². The fraction of sp³-hybridized carbons (Fsp3) is 0.643. The summed E-state index contributed by atoms with van der Waals surface area (Å²) < 4.78 is 1.76. The van der Waals surface area contributed by atoms with E-state index in [0.717, 1.165) is 11.4 Å². The van der Waals surface area contributed by atoms with Crippen molar-refractivity contribution in [2.24, 2.45) is 5.92 Å². The van der Waals surface area contributed by atoms with Gasteiger partial charge in [0.15, 0.2) is 0 Å². The molecule has 0 saturated carbocycles. The summed E-state index contributed by atoms with van der Waals surface area (Å²) in [6.07, 6.45) is 0.658. The Morgan fingerprint density at radius 1 is 1.40 bits per heavy atom. The Bertz CT molecular complexity index is 480. The van der Waals surface area contributed by atoms with Crippen molar-refractivity contribution in [2.75, 3.05) is 0 Å². The zero-order valence-corrected chi connectivity index (χ0v) is 12.5. The monoisotopic (exact) mass is 281 g/mol. The standard InChI is InChI=1S/C14H23N3O3/c1-9(2)7-12(14(19)20)15-13(18)5-6-17-11(4)8-10(3)16-17/h8-9,12H,5-7H2,1-4H3,(H,15,18)(H,19,20)/t12-/m1/s1. The first-order chi connectivity index (χ1) is 9.29. The number of aryl methyl sites for hydroxylation is 3. The zero-order valence-electron chi connectivity index (χ0n) is 12.5. The lowest BCUT2D eigenvalue weighted by molar-refractivity contribution is -0.142. The van der Waals surface area contributed by atoms with Gasteiger partial charge in [0.1, 0.15) is 6.04 Å². The topological polar surface area (TPSA) is 84.2 Å². The number of nitrogens with zero attached hydrogens (tertiary/aromatic N) is 2. The number of aliphatic carboxylic acids is 1. The molecule has 1 aromatic heterocycles. The molecule has 1 heterocycles. The van der Waals surface area contributed by atoms with E-state index < -0.39 is 12.0 Å². The summed E-state index contributed by atoms with van der Waals surface area (Å²) in [7, 11) is 0. The molecule has 1 atom stereocenters. The number of carbonyl (C=O) groups excluding carboxylic acids is 1. The number of carboxylic acids is 1. The van der Waals surface area contributed by atoms with Crippen LogP contribution in [0.3, 0.4) is 0 Å². The summed E-state index contributed by atoms with van der Waals surface area (Å²) in [6, 6.07) is 1.12. The second-order valence-corrected chi connectivity index (χ2v) is 5.49. The number of nitrogens with one attached hydrogen (secondary N) is 1. The van der Waals surface area contributed by atoms with Crippen molar-refractivity contribution >= 4 is 11.9 Å². The Balaban J connectivity index is 2.50. The molecule has 0 unspecified atom stereocenters. The van der Waals surface area contributed by atoms with E-state index in [1.54, 1.807) is 4.68 Å². The highest BCUT2D eigenvalue weighted by atomic mass is 16.4. The van der Waals surface area contributed by atoms with Gasteiger partial charge in [0.25, 0.3) is 0 Å². The number of hydrogen-bond acceptors (Lipinski definition) is 3. The maximum absolute atomic E-state index is 11.8. The van der Waals surface area contributed by atoms with E-state index in [-0.39, 0.29) is 18.2 Å². The molecule has 0 spiro atoms. The van der Waals surface area contributed by atoms with Gasteiger partial charge in [-0.1, -0.05) is 13.8 Å². The summed E-state index contributed by atoms with van der Waals surface area (Å²) in [5, 5.41) is 15.9. The van der Waals surface area contributed by atoms with Gasteiger partial charge >= 0.3 is 5.97 Å². The van der Waals surface area contributed by atoms with Gasteiger partial charge in [-0.25, -0.2) is 4.79 Å². The maximum Gasteiger partial charge on any atom is 0.326 e. The first-order valence-electron chi connectivity index (χ1n) is 6.82. The van der Waals surface area contributed by atoms with Crippen molar-refractivity contribution in [1.29, 1.82) is 0 Å². The highest BCUT2D eigenvalue weighted by Gasteiger charge is 2.20. The summed E-state index contributed by atoms with van der Waals surface area (Å²) in [5.41, 5.74) is 1.90. The van der Waals surface area contributed by atoms with Crippen LogP contribution in [0.15, 0.2) is 6.07 Å². The van der Waals surface area contributed by atoms with Gasteiger partial charge in [0.2, 0.25) is 5.91 Å². The van der Waals surface area contributed by atoms with Crippen molar-refractivity contribution in [1.82, 2.24) is 15.1 Å². The summed E-state index contributed by atoms with van der Waals surface area (Å²) in [4.78, 5) is 22.9. The average molecular weight is 281 g/mol. The lowest BCUT2D eigenvalue weighted by Crippen LogP contribution is -2.41. The Hall–Kier alpha value is -1.85. The minimum absolute atomic E-state index is 0.215. The van der Waals surface area contributed by atoms with Crippen molar-refractivity contribution in [3.63, 3.8) is 0 Å². The summed E-state index contributed by atoms with van der Waals surface area (Å²) in [6.45, 7) is 8.14. The van der Waals surface area contributed by atoms with Gasteiger partial charge < -0.3 is 10.4 Å². The second kappa shape index (κ2) is 7.07. The molecule has 1 rings (SSSR count). The van der Waals surface area contributed by atoms with Crippen LogP contribution in [0.2, 0.25) is 0 Å². The maximum atomic E-state index is 11.8. The Kier molecular flexibility index (Phi) is 5.73. The van der Waals surface area contributed by atoms with Crippen molar-refractivity contribution in [2.45, 2.75) is 53.1 Å². The van der Waals surface area contributed by atoms with E-state index in [4.69, 9.17) is 5.11 Å². The highest BCUT2D eigenvalue weighted by Crippen LogP contribution is 2.06. The third kappa shape index (κ3) is 5.03.